The molecule has 0 aromatic heterocycles. The van der Waals surface area contributed by atoms with Gasteiger partial charge in [-0.2, -0.15) is 0 Å². The largest absolute Gasteiger partial charge is 0.342 e. The van der Waals surface area contributed by atoms with Crippen LogP contribution in [0.3, 0.4) is 0 Å². The summed E-state index contributed by atoms with van der Waals surface area (Å²) in [5, 5.41) is 0. The van der Waals surface area contributed by atoms with Crippen molar-refractivity contribution in [3.05, 3.63) is 33.8 Å². The van der Waals surface area contributed by atoms with Gasteiger partial charge in [0.15, 0.2) is 0 Å². The van der Waals surface area contributed by atoms with Gasteiger partial charge in [-0.15, -0.1) is 0 Å². The standard InChI is InChI=1S/C12H17BrN2O/c1-9-4-5-10(11(13)8-9)12(16)15(2)7-3-6-14/h4-5,8H,3,6-7,14H2,1-2H3. The fourth-order valence-electron chi connectivity index (χ4n) is 1.43. The predicted octanol–water partition coefficient (Wildman–Crippen LogP) is 2.18. The number of hydrogen-bond acceptors (Lipinski definition) is 2. The molecular formula is C12H17BrN2O. The first kappa shape index (κ1) is 13.2. The number of carbonyl (C=O) groups excluding carboxylic acids is 1. The van der Waals surface area contributed by atoms with E-state index >= 15 is 0 Å². The lowest BCUT2D eigenvalue weighted by molar-refractivity contribution is 0.0793. The van der Waals surface area contributed by atoms with Crippen LogP contribution in [0.25, 0.3) is 0 Å². The molecule has 0 aliphatic carbocycles. The predicted molar refractivity (Wildman–Crippen MR) is 69.5 cm³/mol. The van der Waals surface area contributed by atoms with Crippen molar-refractivity contribution in [1.82, 2.24) is 4.90 Å². The SMILES string of the molecule is Cc1ccc(C(=O)N(C)CCCN)c(Br)c1. The van der Waals surface area contributed by atoms with Crippen molar-refractivity contribution in [2.75, 3.05) is 20.1 Å². The van der Waals surface area contributed by atoms with E-state index in [0.717, 1.165) is 16.5 Å². The summed E-state index contributed by atoms with van der Waals surface area (Å²) in [6.07, 6.45) is 0.825. The molecule has 1 rings (SSSR count). The minimum absolute atomic E-state index is 0.0281. The highest BCUT2D eigenvalue weighted by molar-refractivity contribution is 9.10. The summed E-state index contributed by atoms with van der Waals surface area (Å²) < 4.78 is 0.845. The summed E-state index contributed by atoms with van der Waals surface area (Å²) in [5.41, 5.74) is 7.25. The van der Waals surface area contributed by atoms with E-state index < -0.39 is 0 Å². The van der Waals surface area contributed by atoms with Crippen LogP contribution in [0.4, 0.5) is 0 Å². The minimum Gasteiger partial charge on any atom is -0.342 e. The molecule has 0 bridgehead atoms. The molecule has 88 valence electrons. The number of carbonyl (C=O) groups is 1. The second kappa shape index (κ2) is 6.01. The number of rotatable bonds is 4. The lowest BCUT2D eigenvalue weighted by Crippen LogP contribution is -2.29. The smallest absolute Gasteiger partial charge is 0.254 e. The molecule has 0 unspecified atom stereocenters. The zero-order valence-electron chi connectivity index (χ0n) is 9.66. The third-order valence-electron chi connectivity index (χ3n) is 2.40. The van der Waals surface area contributed by atoms with Crippen molar-refractivity contribution >= 4 is 21.8 Å². The van der Waals surface area contributed by atoms with Gasteiger partial charge in [0.1, 0.15) is 0 Å². The molecule has 0 saturated carbocycles. The lowest BCUT2D eigenvalue weighted by Gasteiger charge is -2.17. The summed E-state index contributed by atoms with van der Waals surface area (Å²) in [6.45, 7) is 3.29. The summed E-state index contributed by atoms with van der Waals surface area (Å²) >= 11 is 3.41. The van der Waals surface area contributed by atoms with Crippen molar-refractivity contribution in [2.24, 2.45) is 5.73 Å². The molecule has 0 spiro atoms. The van der Waals surface area contributed by atoms with Crippen molar-refractivity contribution in [3.63, 3.8) is 0 Å². The van der Waals surface area contributed by atoms with Crippen LogP contribution in [-0.2, 0) is 0 Å². The molecule has 0 radical (unpaired) electrons. The Morgan fingerprint density at radius 1 is 1.50 bits per heavy atom. The highest BCUT2D eigenvalue weighted by atomic mass is 79.9. The van der Waals surface area contributed by atoms with Gasteiger partial charge in [-0.3, -0.25) is 4.79 Å². The summed E-state index contributed by atoms with van der Waals surface area (Å²) in [6, 6.07) is 5.74. The molecule has 0 atom stereocenters. The normalized spacial score (nSPS) is 10.2. The third-order valence-corrected chi connectivity index (χ3v) is 3.06. The van der Waals surface area contributed by atoms with Crippen molar-refractivity contribution in [1.29, 1.82) is 0 Å². The van der Waals surface area contributed by atoms with E-state index in [1.165, 1.54) is 0 Å². The zero-order chi connectivity index (χ0) is 12.1. The quantitative estimate of drug-likeness (QED) is 0.921. The Morgan fingerprint density at radius 2 is 2.19 bits per heavy atom. The molecule has 2 N–H and O–H groups in total. The van der Waals surface area contributed by atoms with E-state index in [1.807, 2.05) is 25.1 Å². The molecule has 3 nitrogen and oxygen atoms in total. The molecule has 1 amide bonds. The van der Waals surface area contributed by atoms with E-state index in [0.29, 0.717) is 18.7 Å². The Morgan fingerprint density at radius 3 is 2.75 bits per heavy atom. The first-order valence-corrected chi connectivity index (χ1v) is 6.07. The van der Waals surface area contributed by atoms with Crippen molar-refractivity contribution in [2.45, 2.75) is 13.3 Å². The van der Waals surface area contributed by atoms with E-state index in [1.54, 1.807) is 11.9 Å². The van der Waals surface area contributed by atoms with Crippen LogP contribution in [0, 0.1) is 6.92 Å². The number of hydrogen-bond donors (Lipinski definition) is 1. The Kier molecular flexibility index (Phi) is 4.96. The van der Waals surface area contributed by atoms with Gasteiger partial charge in [0, 0.05) is 18.1 Å². The van der Waals surface area contributed by atoms with Gasteiger partial charge in [0.25, 0.3) is 5.91 Å². The number of halogens is 1. The van der Waals surface area contributed by atoms with Crippen molar-refractivity contribution in [3.8, 4) is 0 Å². The second-order valence-electron chi connectivity index (χ2n) is 3.85. The van der Waals surface area contributed by atoms with Crippen LogP contribution in [0.1, 0.15) is 22.3 Å². The Hall–Kier alpha value is -0.870. The Labute approximate surface area is 105 Å². The highest BCUT2D eigenvalue weighted by Gasteiger charge is 2.13. The molecule has 16 heavy (non-hydrogen) atoms. The van der Waals surface area contributed by atoms with E-state index in [9.17, 15) is 4.79 Å². The number of benzene rings is 1. The first-order valence-electron chi connectivity index (χ1n) is 5.28. The lowest BCUT2D eigenvalue weighted by atomic mass is 10.1. The maximum Gasteiger partial charge on any atom is 0.254 e. The molecule has 4 heteroatoms. The van der Waals surface area contributed by atoms with Crippen LogP contribution in [0.15, 0.2) is 22.7 Å². The fourth-order valence-corrected chi connectivity index (χ4v) is 2.09. The van der Waals surface area contributed by atoms with Gasteiger partial charge < -0.3 is 10.6 Å². The molecule has 0 heterocycles. The van der Waals surface area contributed by atoms with Crippen LogP contribution >= 0.6 is 15.9 Å². The van der Waals surface area contributed by atoms with Gasteiger partial charge in [0.05, 0.1) is 5.56 Å². The van der Waals surface area contributed by atoms with Gasteiger partial charge in [-0.1, -0.05) is 6.07 Å². The second-order valence-corrected chi connectivity index (χ2v) is 4.71. The fraction of sp³-hybridized carbons (Fsp3) is 0.417. The van der Waals surface area contributed by atoms with Gasteiger partial charge in [0.2, 0.25) is 0 Å². The van der Waals surface area contributed by atoms with Crippen molar-refractivity contribution < 1.29 is 4.79 Å². The maximum absolute atomic E-state index is 12.0. The van der Waals surface area contributed by atoms with Crippen LogP contribution in [0.2, 0.25) is 0 Å². The third kappa shape index (κ3) is 3.32. The summed E-state index contributed by atoms with van der Waals surface area (Å²) in [4.78, 5) is 13.7. The summed E-state index contributed by atoms with van der Waals surface area (Å²) in [5.74, 6) is 0.0281. The number of aryl methyl sites for hydroxylation is 1. The number of amides is 1. The Bertz CT molecular complexity index is 379. The molecule has 1 aromatic rings. The molecule has 0 saturated heterocycles. The average Bonchev–Trinajstić information content (AvgIpc) is 2.25. The summed E-state index contributed by atoms with van der Waals surface area (Å²) in [7, 11) is 1.80. The first-order chi connectivity index (χ1) is 7.56. The van der Waals surface area contributed by atoms with Crippen LogP contribution < -0.4 is 5.73 Å². The van der Waals surface area contributed by atoms with Crippen LogP contribution in [-0.4, -0.2) is 30.9 Å². The molecule has 0 aliphatic rings. The van der Waals surface area contributed by atoms with E-state index in [2.05, 4.69) is 15.9 Å². The van der Waals surface area contributed by atoms with Gasteiger partial charge >= 0.3 is 0 Å². The number of nitrogens with two attached hydrogens (primary N) is 1. The van der Waals surface area contributed by atoms with Gasteiger partial charge in [-0.05, 0) is 53.5 Å². The maximum atomic E-state index is 12.0. The van der Waals surface area contributed by atoms with E-state index in [-0.39, 0.29) is 5.91 Å². The van der Waals surface area contributed by atoms with Crippen LogP contribution in [0.5, 0.6) is 0 Å². The monoisotopic (exact) mass is 284 g/mol. The molecule has 0 fully saturated rings. The molecule has 1 aromatic carbocycles. The molecular weight excluding hydrogens is 268 g/mol. The molecule has 0 aliphatic heterocycles. The highest BCUT2D eigenvalue weighted by Crippen LogP contribution is 2.19. The minimum atomic E-state index is 0.0281. The number of nitrogens with zero attached hydrogens (tertiary/aromatic N) is 1. The zero-order valence-corrected chi connectivity index (χ0v) is 11.3. The Balaban J connectivity index is 2.79. The topological polar surface area (TPSA) is 46.3 Å². The van der Waals surface area contributed by atoms with Gasteiger partial charge in [-0.25, -0.2) is 0 Å². The average molecular weight is 285 g/mol. The van der Waals surface area contributed by atoms with E-state index in [4.69, 9.17) is 5.73 Å².